The molecule has 0 radical (unpaired) electrons. The minimum atomic E-state index is -0.645. The van der Waals surface area contributed by atoms with Crippen molar-refractivity contribution in [3.8, 4) is 6.07 Å². The summed E-state index contributed by atoms with van der Waals surface area (Å²) < 4.78 is 0. The number of piperidine rings is 1. The number of carbonyl (C=O) groups is 2. The summed E-state index contributed by atoms with van der Waals surface area (Å²) in [5.41, 5.74) is 1.83. The smallest absolute Gasteiger partial charge is 0.321 e. The van der Waals surface area contributed by atoms with Gasteiger partial charge in [-0.2, -0.15) is 5.26 Å². The van der Waals surface area contributed by atoms with E-state index in [1.807, 2.05) is 18.2 Å². The lowest BCUT2D eigenvalue weighted by Crippen LogP contribution is -2.67. The zero-order valence-electron chi connectivity index (χ0n) is 18.2. The lowest BCUT2D eigenvalue weighted by Gasteiger charge is -2.58. The van der Waals surface area contributed by atoms with Crippen LogP contribution in [0.2, 0.25) is 5.02 Å². The third-order valence-electron chi connectivity index (χ3n) is 6.55. The molecule has 0 bridgehead atoms. The molecule has 170 valence electrons. The maximum absolute atomic E-state index is 13.5. The predicted octanol–water partition coefficient (Wildman–Crippen LogP) is 4.40. The number of hydrogen-bond acceptors (Lipinski definition) is 5. The fraction of sp³-hybridized carbons (Fsp3) is 0.240. The zero-order chi connectivity index (χ0) is 23.7. The van der Waals surface area contributed by atoms with Crippen LogP contribution in [0.4, 0.5) is 16.2 Å². The standard InChI is InChI=1S/C25H21ClN6O2/c26-18-13-20(16-28-15-18)32-22(21-6-1-2-9-29-21)25(23(32)33)7-10-31(11-8-25)24(34)30-19-5-3-4-17(12-19)14-27/h1-6,9,12-13,15-16,22H,7-8,10-11H2,(H,30,34). The number of β-lactam (4-membered cyclic amide) rings is 1. The number of likely N-dealkylation sites (tertiary alicyclic amines) is 1. The molecule has 1 atom stereocenters. The molecular formula is C25H21ClN6O2. The number of nitriles is 1. The van der Waals surface area contributed by atoms with Gasteiger partial charge in [0.2, 0.25) is 5.91 Å². The first-order valence-corrected chi connectivity index (χ1v) is 11.3. The maximum Gasteiger partial charge on any atom is 0.321 e. The Bertz CT molecular complexity index is 1280. The molecule has 2 aliphatic heterocycles. The van der Waals surface area contributed by atoms with Crippen LogP contribution in [0, 0.1) is 16.7 Å². The van der Waals surface area contributed by atoms with Crippen molar-refractivity contribution in [3.63, 3.8) is 0 Å². The van der Waals surface area contributed by atoms with Gasteiger partial charge in [-0.05, 0) is 49.2 Å². The van der Waals surface area contributed by atoms with Gasteiger partial charge in [-0.3, -0.25) is 14.8 Å². The van der Waals surface area contributed by atoms with Crippen molar-refractivity contribution in [2.75, 3.05) is 23.3 Å². The first kappa shape index (κ1) is 21.9. The lowest BCUT2D eigenvalue weighted by atomic mass is 9.63. The number of anilines is 2. The van der Waals surface area contributed by atoms with Crippen molar-refractivity contribution in [2.45, 2.75) is 18.9 Å². The van der Waals surface area contributed by atoms with Crippen molar-refractivity contribution in [3.05, 3.63) is 83.4 Å². The number of amides is 3. The minimum Gasteiger partial charge on any atom is -0.324 e. The van der Waals surface area contributed by atoms with Gasteiger partial charge in [0.25, 0.3) is 0 Å². The second-order valence-electron chi connectivity index (χ2n) is 8.46. The van der Waals surface area contributed by atoms with Crippen molar-refractivity contribution in [1.82, 2.24) is 14.9 Å². The van der Waals surface area contributed by atoms with Gasteiger partial charge in [-0.25, -0.2) is 4.79 Å². The van der Waals surface area contributed by atoms with Gasteiger partial charge in [-0.15, -0.1) is 0 Å². The van der Waals surface area contributed by atoms with Crippen LogP contribution in [-0.4, -0.2) is 39.9 Å². The third-order valence-corrected chi connectivity index (χ3v) is 6.76. The highest BCUT2D eigenvalue weighted by Gasteiger charge is 2.62. The molecule has 1 spiro atoms. The molecule has 9 heteroatoms. The number of nitrogens with one attached hydrogen (secondary N) is 1. The Kier molecular flexibility index (Phi) is 5.64. The molecule has 3 aromatic rings. The van der Waals surface area contributed by atoms with Gasteiger partial charge in [0.1, 0.15) is 0 Å². The fourth-order valence-corrected chi connectivity index (χ4v) is 5.04. The highest BCUT2D eigenvalue weighted by molar-refractivity contribution is 6.30. The van der Waals surface area contributed by atoms with Crippen molar-refractivity contribution in [2.24, 2.45) is 5.41 Å². The maximum atomic E-state index is 13.5. The summed E-state index contributed by atoms with van der Waals surface area (Å²) in [5, 5.41) is 12.4. The molecule has 2 fully saturated rings. The molecule has 8 nitrogen and oxygen atoms in total. The molecule has 4 heterocycles. The summed E-state index contributed by atoms with van der Waals surface area (Å²) in [6.07, 6.45) is 5.92. The number of urea groups is 1. The number of carbonyl (C=O) groups excluding carboxylic acids is 2. The third kappa shape index (κ3) is 3.74. The fourth-order valence-electron chi connectivity index (χ4n) is 4.87. The summed E-state index contributed by atoms with van der Waals surface area (Å²) in [5.74, 6) is -0.00556. The Morgan fingerprint density at radius 2 is 1.97 bits per heavy atom. The van der Waals surface area contributed by atoms with Gasteiger partial charge in [0, 0.05) is 31.2 Å². The Labute approximate surface area is 201 Å². The second kappa shape index (κ2) is 8.76. The van der Waals surface area contributed by atoms with E-state index in [2.05, 4.69) is 21.4 Å². The van der Waals surface area contributed by atoms with E-state index in [9.17, 15) is 9.59 Å². The number of nitrogens with zero attached hydrogens (tertiary/aromatic N) is 5. The Morgan fingerprint density at radius 1 is 1.15 bits per heavy atom. The van der Waals surface area contributed by atoms with Crippen LogP contribution in [-0.2, 0) is 4.79 Å². The van der Waals surface area contributed by atoms with Crippen molar-refractivity contribution >= 4 is 34.9 Å². The number of benzene rings is 1. The van der Waals surface area contributed by atoms with Crippen LogP contribution < -0.4 is 10.2 Å². The summed E-state index contributed by atoms with van der Waals surface area (Å²) in [4.78, 5) is 38.5. The monoisotopic (exact) mass is 472 g/mol. The van der Waals surface area contributed by atoms with Crippen LogP contribution in [0.3, 0.4) is 0 Å². The van der Waals surface area contributed by atoms with E-state index in [1.54, 1.807) is 52.5 Å². The molecule has 1 aromatic carbocycles. The van der Waals surface area contributed by atoms with E-state index in [-0.39, 0.29) is 18.0 Å². The first-order valence-electron chi connectivity index (χ1n) is 10.9. The van der Waals surface area contributed by atoms with E-state index in [0.717, 1.165) is 5.69 Å². The Balaban J connectivity index is 1.36. The Morgan fingerprint density at radius 3 is 2.68 bits per heavy atom. The highest BCUT2D eigenvalue weighted by Crippen LogP contribution is 2.57. The van der Waals surface area contributed by atoms with Gasteiger partial charge in [0.05, 0.1) is 45.7 Å². The van der Waals surface area contributed by atoms with Crippen LogP contribution in [0.5, 0.6) is 0 Å². The first-order chi connectivity index (χ1) is 16.5. The molecule has 1 unspecified atom stereocenters. The number of hydrogen-bond donors (Lipinski definition) is 1. The number of pyridine rings is 2. The van der Waals surface area contributed by atoms with Gasteiger partial charge >= 0.3 is 6.03 Å². The van der Waals surface area contributed by atoms with Crippen molar-refractivity contribution < 1.29 is 9.59 Å². The van der Waals surface area contributed by atoms with E-state index in [0.29, 0.717) is 47.9 Å². The topological polar surface area (TPSA) is 102 Å². The van der Waals surface area contributed by atoms with Crippen LogP contribution >= 0.6 is 11.6 Å². The molecule has 0 aliphatic carbocycles. The summed E-state index contributed by atoms with van der Waals surface area (Å²) >= 11 is 6.14. The number of rotatable bonds is 3. The van der Waals surface area contributed by atoms with Gasteiger partial charge in [0.15, 0.2) is 0 Å². The number of halogens is 1. The van der Waals surface area contributed by atoms with E-state index in [4.69, 9.17) is 16.9 Å². The Hall–Kier alpha value is -3.96. The van der Waals surface area contributed by atoms with E-state index >= 15 is 0 Å². The van der Waals surface area contributed by atoms with Crippen LogP contribution in [0.1, 0.15) is 30.1 Å². The molecule has 2 aliphatic rings. The largest absolute Gasteiger partial charge is 0.324 e. The average Bonchev–Trinajstić information content (AvgIpc) is 2.87. The van der Waals surface area contributed by atoms with Gasteiger partial charge < -0.3 is 15.1 Å². The summed E-state index contributed by atoms with van der Waals surface area (Å²) in [6, 6.07) is 15.7. The molecule has 2 aromatic heterocycles. The summed E-state index contributed by atoms with van der Waals surface area (Å²) in [6.45, 7) is 0.862. The van der Waals surface area contributed by atoms with E-state index in [1.165, 1.54) is 6.20 Å². The van der Waals surface area contributed by atoms with Gasteiger partial charge in [-0.1, -0.05) is 23.7 Å². The SMILES string of the molecule is N#Cc1cccc(NC(=O)N2CCC3(CC2)C(=O)N(c2cncc(Cl)c2)C3c2ccccn2)c1. The predicted molar refractivity (Wildman–Crippen MR) is 127 cm³/mol. The molecule has 3 amide bonds. The molecule has 0 saturated carbocycles. The number of aromatic nitrogens is 2. The van der Waals surface area contributed by atoms with E-state index < -0.39 is 5.41 Å². The minimum absolute atomic E-state index is 0.00556. The highest BCUT2D eigenvalue weighted by atomic mass is 35.5. The van der Waals surface area contributed by atoms with Crippen LogP contribution in [0.15, 0.2) is 67.1 Å². The van der Waals surface area contributed by atoms with Crippen LogP contribution in [0.25, 0.3) is 0 Å². The average molecular weight is 473 g/mol. The molecule has 1 N–H and O–H groups in total. The zero-order valence-corrected chi connectivity index (χ0v) is 18.9. The quantitative estimate of drug-likeness (QED) is 0.569. The molecule has 2 saturated heterocycles. The molecule has 34 heavy (non-hydrogen) atoms. The second-order valence-corrected chi connectivity index (χ2v) is 8.90. The van der Waals surface area contributed by atoms with Crippen molar-refractivity contribution in [1.29, 1.82) is 5.26 Å². The summed E-state index contributed by atoms with van der Waals surface area (Å²) in [7, 11) is 0. The normalized spacial score (nSPS) is 18.8. The molecule has 5 rings (SSSR count). The molecular weight excluding hydrogens is 452 g/mol. The lowest BCUT2D eigenvalue weighted by molar-refractivity contribution is -0.144.